The van der Waals surface area contributed by atoms with E-state index in [0.717, 1.165) is 33.8 Å². The number of nitrogens with zero attached hydrogens (tertiary/aromatic N) is 3. The molecule has 0 fully saturated rings. The van der Waals surface area contributed by atoms with Crippen molar-refractivity contribution >= 4 is 23.7 Å². The fourth-order valence-electron chi connectivity index (χ4n) is 3.04. The highest BCUT2D eigenvalue weighted by Gasteiger charge is 2.11. The Labute approximate surface area is 192 Å². The minimum Gasteiger partial charge on any atom is -0.351 e. The number of hydrogen-bond donors (Lipinski definition) is 1. The second kappa shape index (κ2) is 14.7. The maximum Gasteiger partial charge on any atom is 0.269 e. The molecule has 3 aromatic heterocycles. The number of pyridine rings is 2. The highest BCUT2D eigenvalue weighted by Crippen LogP contribution is 2.09. The third-order valence-corrected chi connectivity index (χ3v) is 4.34. The van der Waals surface area contributed by atoms with Crippen molar-refractivity contribution in [2.75, 3.05) is 6.54 Å². The van der Waals surface area contributed by atoms with E-state index in [-0.39, 0.29) is 5.91 Å². The molecule has 0 aliphatic carbocycles. The Bertz CT molecular complexity index is 1110. The smallest absolute Gasteiger partial charge is 0.269 e. The number of carbonyl (C=O) groups is 1. The van der Waals surface area contributed by atoms with Gasteiger partial charge < -0.3 is 9.72 Å². The molecule has 172 valence electrons. The van der Waals surface area contributed by atoms with Crippen molar-refractivity contribution < 1.29 is 4.79 Å². The first kappa shape index (κ1) is 26.8. The Balaban J connectivity index is 0.000000944. The van der Waals surface area contributed by atoms with Crippen LogP contribution >= 0.6 is 0 Å². The molecular weight excluding hydrogens is 396 g/mol. The molecule has 1 amide bonds. The molecule has 3 heterocycles. The summed E-state index contributed by atoms with van der Waals surface area (Å²) in [7, 11) is 0. The Morgan fingerprint density at radius 3 is 2.56 bits per heavy atom. The number of carbonyl (C=O) groups excluding carboxylic acids is 1. The summed E-state index contributed by atoms with van der Waals surface area (Å²) in [4.78, 5) is 21.3. The molecule has 0 aliphatic rings. The van der Waals surface area contributed by atoms with Gasteiger partial charge in [-0.3, -0.25) is 4.79 Å². The van der Waals surface area contributed by atoms with E-state index in [1.165, 1.54) is 6.42 Å². The van der Waals surface area contributed by atoms with E-state index < -0.39 is 0 Å². The van der Waals surface area contributed by atoms with Gasteiger partial charge in [-0.1, -0.05) is 71.9 Å². The Morgan fingerprint density at radius 1 is 1.22 bits per heavy atom. The first-order valence-corrected chi connectivity index (χ1v) is 11.6. The van der Waals surface area contributed by atoms with Crippen LogP contribution in [0.4, 0.5) is 0 Å². The van der Waals surface area contributed by atoms with Gasteiger partial charge in [0.2, 0.25) is 0 Å². The molecule has 1 N–H and O–H groups in total. The first-order chi connectivity index (χ1) is 15.6. The van der Waals surface area contributed by atoms with Crippen molar-refractivity contribution in [3.63, 3.8) is 0 Å². The molecule has 0 unspecified atom stereocenters. The lowest BCUT2D eigenvalue weighted by atomic mass is 10.0. The Kier molecular flexibility index (Phi) is 12.4. The molecule has 0 radical (unpaired) electrons. The van der Waals surface area contributed by atoms with E-state index in [1.807, 2.05) is 62.6 Å². The fraction of sp³-hybridized carbons (Fsp3) is 0.370. The molecule has 0 saturated carbocycles. The normalized spacial score (nSPS) is 11.3. The topological polar surface area (TPSA) is 59.3 Å². The summed E-state index contributed by atoms with van der Waals surface area (Å²) in [6, 6.07) is 5.94. The van der Waals surface area contributed by atoms with Crippen LogP contribution in [0.3, 0.4) is 0 Å². The summed E-state index contributed by atoms with van der Waals surface area (Å²) < 4.78 is 2.00. The zero-order chi connectivity index (χ0) is 23.9. The summed E-state index contributed by atoms with van der Waals surface area (Å²) >= 11 is 0. The van der Waals surface area contributed by atoms with E-state index in [9.17, 15) is 4.79 Å². The van der Waals surface area contributed by atoms with Gasteiger partial charge in [0.05, 0.1) is 5.35 Å². The predicted molar refractivity (Wildman–Crippen MR) is 136 cm³/mol. The molecule has 0 spiro atoms. The zero-order valence-corrected chi connectivity index (χ0v) is 20.5. The maximum atomic E-state index is 12.5. The van der Waals surface area contributed by atoms with Crippen LogP contribution in [0.15, 0.2) is 49.4 Å². The summed E-state index contributed by atoms with van der Waals surface area (Å²) in [5, 5.41) is 4.69. The van der Waals surface area contributed by atoms with Crippen molar-refractivity contribution in [3.8, 4) is 0 Å². The van der Waals surface area contributed by atoms with E-state index >= 15 is 0 Å². The van der Waals surface area contributed by atoms with Gasteiger partial charge in [-0.25, -0.2) is 9.97 Å². The number of aromatic nitrogens is 3. The molecule has 32 heavy (non-hydrogen) atoms. The molecular formula is C27H38N4O. The SMILES string of the molecule is C=C/C=c1/c(Cc2ccc3nccn3c2)cc(C(=O)NCCC)n/c1=C/C.CC.CCC. The minimum absolute atomic E-state index is 0.142. The number of allylic oxidation sites excluding steroid dienone is 1. The van der Waals surface area contributed by atoms with Gasteiger partial charge in [0.15, 0.2) is 0 Å². The summed E-state index contributed by atoms with van der Waals surface area (Å²) in [6.07, 6.45) is 14.2. The van der Waals surface area contributed by atoms with Crippen LogP contribution in [-0.4, -0.2) is 26.8 Å². The van der Waals surface area contributed by atoms with Gasteiger partial charge in [0.25, 0.3) is 5.91 Å². The largest absolute Gasteiger partial charge is 0.351 e. The third kappa shape index (κ3) is 7.49. The standard InChI is InChI=1S/C22H24N4O.C3H8.C2H6/c1-4-7-18-17(13-16-8-9-21-23-11-12-26(21)15-16)14-20(25-19(18)6-3)22(27)24-10-5-2;1-3-2;1-2/h4,6-9,11-12,14-15H,1,5,10,13H2,2-3H3,(H,24,27);3H2,1-2H3;1-2H3/b18-7-,19-6+;;. The van der Waals surface area contributed by atoms with Crippen molar-refractivity contribution in [1.29, 1.82) is 0 Å². The van der Waals surface area contributed by atoms with Gasteiger partial charge in [-0.2, -0.15) is 0 Å². The van der Waals surface area contributed by atoms with Crippen LogP contribution in [-0.2, 0) is 6.42 Å². The van der Waals surface area contributed by atoms with Crippen molar-refractivity contribution in [2.45, 2.75) is 60.8 Å². The molecule has 0 bridgehead atoms. The van der Waals surface area contributed by atoms with Gasteiger partial charge in [0, 0.05) is 30.4 Å². The predicted octanol–water partition coefficient (Wildman–Crippen LogP) is 4.67. The molecule has 5 nitrogen and oxygen atoms in total. The van der Waals surface area contributed by atoms with Gasteiger partial charge in [-0.15, -0.1) is 0 Å². The third-order valence-electron chi connectivity index (χ3n) is 4.34. The van der Waals surface area contributed by atoms with Crippen molar-refractivity contribution in [3.05, 3.63) is 76.8 Å². The zero-order valence-electron chi connectivity index (χ0n) is 20.5. The van der Waals surface area contributed by atoms with Gasteiger partial charge in [0.1, 0.15) is 11.3 Å². The van der Waals surface area contributed by atoms with Crippen LogP contribution in [0, 0.1) is 0 Å². The average molecular weight is 435 g/mol. The summed E-state index contributed by atoms with van der Waals surface area (Å²) in [5.41, 5.74) is 3.52. The van der Waals surface area contributed by atoms with Crippen molar-refractivity contribution in [1.82, 2.24) is 19.7 Å². The summed E-state index contributed by atoms with van der Waals surface area (Å²) in [5.74, 6) is -0.142. The molecule has 0 atom stereocenters. The van der Waals surface area contributed by atoms with E-state index in [1.54, 1.807) is 12.3 Å². The molecule has 0 aliphatic heterocycles. The molecule has 0 saturated heterocycles. The number of imidazole rings is 1. The highest BCUT2D eigenvalue weighted by molar-refractivity contribution is 5.92. The van der Waals surface area contributed by atoms with Crippen LogP contribution < -0.4 is 15.9 Å². The lowest BCUT2D eigenvalue weighted by molar-refractivity contribution is 0.0948. The second-order valence-electron chi connectivity index (χ2n) is 7.03. The highest BCUT2D eigenvalue weighted by atomic mass is 16.1. The lowest BCUT2D eigenvalue weighted by Crippen LogP contribution is -2.36. The molecule has 3 rings (SSSR count). The molecule has 5 heteroatoms. The number of amides is 1. The van der Waals surface area contributed by atoms with Crippen LogP contribution in [0.2, 0.25) is 0 Å². The van der Waals surface area contributed by atoms with Crippen LogP contribution in [0.1, 0.15) is 76.0 Å². The maximum absolute atomic E-state index is 12.5. The van der Waals surface area contributed by atoms with Gasteiger partial charge in [-0.05, 0) is 43.0 Å². The second-order valence-corrected chi connectivity index (χ2v) is 7.03. The van der Waals surface area contributed by atoms with E-state index in [2.05, 4.69) is 48.0 Å². The lowest BCUT2D eigenvalue weighted by Gasteiger charge is -2.09. The average Bonchev–Trinajstić information content (AvgIpc) is 3.28. The Hall–Kier alpha value is -3.21. The first-order valence-electron chi connectivity index (χ1n) is 11.6. The number of fused-ring (bicyclic) bond motifs is 1. The summed E-state index contributed by atoms with van der Waals surface area (Å²) in [6.45, 7) is 16.7. The number of rotatable bonds is 6. The minimum atomic E-state index is -0.142. The van der Waals surface area contributed by atoms with Crippen LogP contribution in [0.25, 0.3) is 17.8 Å². The Morgan fingerprint density at radius 2 is 1.94 bits per heavy atom. The van der Waals surface area contributed by atoms with E-state index in [4.69, 9.17) is 0 Å². The van der Waals surface area contributed by atoms with Crippen LogP contribution in [0.5, 0.6) is 0 Å². The van der Waals surface area contributed by atoms with E-state index in [0.29, 0.717) is 18.7 Å². The fourth-order valence-corrected chi connectivity index (χ4v) is 3.04. The monoisotopic (exact) mass is 434 g/mol. The van der Waals surface area contributed by atoms with Crippen molar-refractivity contribution in [2.24, 2.45) is 0 Å². The molecule has 3 aromatic rings. The number of nitrogens with one attached hydrogen (secondary N) is 1. The quantitative estimate of drug-likeness (QED) is 0.613. The van der Waals surface area contributed by atoms with Gasteiger partial charge >= 0.3 is 0 Å². The number of hydrogen-bond acceptors (Lipinski definition) is 3. The molecule has 0 aromatic carbocycles.